The number of aryl methyl sites for hydroxylation is 1. The molecule has 0 bridgehead atoms. The van der Waals surface area contributed by atoms with Gasteiger partial charge in [0.25, 0.3) is 5.91 Å². The zero-order chi connectivity index (χ0) is 15.7. The Morgan fingerprint density at radius 2 is 1.81 bits per heavy atom. The van der Waals surface area contributed by atoms with Crippen LogP contribution in [-0.4, -0.2) is 24.5 Å². The Balaban J connectivity index is 2.34. The van der Waals surface area contributed by atoms with Gasteiger partial charge in [-0.3, -0.25) is 4.79 Å². The smallest absolute Gasteiger partial charge is 0.328 e. The van der Waals surface area contributed by atoms with Crippen molar-refractivity contribution < 1.29 is 14.3 Å². The molecule has 21 heavy (non-hydrogen) atoms. The van der Waals surface area contributed by atoms with Crippen LogP contribution in [0.4, 0.5) is 0 Å². The summed E-state index contributed by atoms with van der Waals surface area (Å²) in [5.74, 6) is -0.641. The predicted octanol–water partition coefficient (Wildman–Crippen LogP) is 3.24. The Kier molecular flexibility index (Phi) is 7.51. The van der Waals surface area contributed by atoms with Gasteiger partial charge in [-0.2, -0.15) is 0 Å². The Morgan fingerprint density at radius 3 is 2.43 bits per heavy atom. The number of unbranched alkanes of at least 4 members (excludes halogenated alkanes) is 3. The number of ether oxygens (including phenoxy) is 1. The van der Waals surface area contributed by atoms with Crippen LogP contribution in [0.25, 0.3) is 0 Å². The van der Waals surface area contributed by atoms with Crippen LogP contribution < -0.4 is 5.32 Å². The standard InChI is InChI=1S/C17H25NO3/c1-4-5-6-7-12-21-17(20)14(3)18-16(19)15-10-8-13(2)9-11-15/h8-11,14H,4-7,12H2,1-3H3,(H,18,19). The molecule has 0 spiro atoms. The number of hydrogen-bond acceptors (Lipinski definition) is 3. The van der Waals surface area contributed by atoms with Crippen LogP contribution in [0.15, 0.2) is 24.3 Å². The number of carbonyl (C=O) groups is 2. The van der Waals surface area contributed by atoms with Gasteiger partial charge in [-0.25, -0.2) is 4.79 Å². The largest absolute Gasteiger partial charge is 0.464 e. The van der Waals surface area contributed by atoms with Crippen LogP contribution in [-0.2, 0) is 9.53 Å². The van der Waals surface area contributed by atoms with Gasteiger partial charge in [-0.15, -0.1) is 0 Å². The Labute approximate surface area is 126 Å². The molecule has 0 heterocycles. The highest BCUT2D eigenvalue weighted by Gasteiger charge is 2.17. The zero-order valence-electron chi connectivity index (χ0n) is 13.1. The molecule has 1 N–H and O–H groups in total. The van der Waals surface area contributed by atoms with Gasteiger partial charge in [0.05, 0.1) is 6.61 Å². The monoisotopic (exact) mass is 291 g/mol. The summed E-state index contributed by atoms with van der Waals surface area (Å²) in [6.07, 6.45) is 4.24. The van der Waals surface area contributed by atoms with Gasteiger partial charge >= 0.3 is 5.97 Å². The second-order valence-corrected chi connectivity index (χ2v) is 5.29. The maximum absolute atomic E-state index is 12.0. The molecule has 0 radical (unpaired) electrons. The topological polar surface area (TPSA) is 55.4 Å². The summed E-state index contributed by atoms with van der Waals surface area (Å²) in [6, 6.07) is 6.59. The van der Waals surface area contributed by atoms with E-state index < -0.39 is 6.04 Å². The molecular formula is C17H25NO3. The SMILES string of the molecule is CCCCCCOC(=O)C(C)NC(=O)c1ccc(C)cc1. The lowest BCUT2D eigenvalue weighted by Crippen LogP contribution is -2.39. The second kappa shape index (κ2) is 9.16. The van der Waals surface area contributed by atoms with Gasteiger partial charge in [0.2, 0.25) is 0 Å². The van der Waals surface area contributed by atoms with Crippen molar-refractivity contribution in [2.45, 2.75) is 52.5 Å². The van der Waals surface area contributed by atoms with Crippen molar-refractivity contribution in [1.29, 1.82) is 0 Å². The zero-order valence-corrected chi connectivity index (χ0v) is 13.1. The van der Waals surface area contributed by atoms with Crippen molar-refractivity contribution >= 4 is 11.9 Å². The van der Waals surface area contributed by atoms with E-state index in [9.17, 15) is 9.59 Å². The fraction of sp³-hybridized carbons (Fsp3) is 0.529. The molecule has 0 aromatic heterocycles. The first-order valence-electron chi connectivity index (χ1n) is 7.58. The fourth-order valence-corrected chi connectivity index (χ4v) is 1.87. The molecule has 1 unspecified atom stereocenters. The molecule has 116 valence electrons. The number of amides is 1. The van der Waals surface area contributed by atoms with Crippen LogP contribution in [0.5, 0.6) is 0 Å². The molecule has 4 heteroatoms. The first kappa shape index (κ1) is 17.2. The lowest BCUT2D eigenvalue weighted by molar-refractivity contribution is -0.145. The van der Waals surface area contributed by atoms with Crippen LogP contribution >= 0.6 is 0 Å². The lowest BCUT2D eigenvalue weighted by Gasteiger charge is -2.13. The van der Waals surface area contributed by atoms with E-state index in [1.165, 1.54) is 0 Å². The number of benzene rings is 1. The first-order chi connectivity index (χ1) is 10.0. The van der Waals surface area contributed by atoms with E-state index in [1.54, 1.807) is 19.1 Å². The molecule has 0 fully saturated rings. The van der Waals surface area contributed by atoms with Crippen molar-refractivity contribution in [1.82, 2.24) is 5.32 Å². The van der Waals surface area contributed by atoms with Crippen LogP contribution in [0.2, 0.25) is 0 Å². The molecule has 0 saturated heterocycles. The Morgan fingerprint density at radius 1 is 1.14 bits per heavy atom. The normalized spacial score (nSPS) is 11.8. The average Bonchev–Trinajstić information content (AvgIpc) is 2.47. The number of esters is 1. The maximum Gasteiger partial charge on any atom is 0.328 e. The second-order valence-electron chi connectivity index (χ2n) is 5.29. The van der Waals surface area contributed by atoms with Gasteiger partial charge in [0.15, 0.2) is 0 Å². The molecule has 0 saturated carbocycles. The van der Waals surface area contributed by atoms with E-state index in [0.717, 1.165) is 31.2 Å². The highest BCUT2D eigenvalue weighted by Crippen LogP contribution is 2.04. The third-order valence-corrected chi connectivity index (χ3v) is 3.26. The van der Waals surface area contributed by atoms with Crippen LogP contribution in [0.1, 0.15) is 55.5 Å². The van der Waals surface area contributed by atoms with Gasteiger partial charge in [-0.05, 0) is 32.4 Å². The highest BCUT2D eigenvalue weighted by atomic mass is 16.5. The highest BCUT2D eigenvalue weighted by molar-refractivity contribution is 5.96. The molecule has 1 rings (SSSR count). The van der Waals surface area contributed by atoms with E-state index in [0.29, 0.717) is 12.2 Å². The third kappa shape index (κ3) is 6.43. The van der Waals surface area contributed by atoms with E-state index in [1.807, 2.05) is 19.1 Å². The Hall–Kier alpha value is -1.84. The minimum Gasteiger partial charge on any atom is -0.464 e. The summed E-state index contributed by atoms with van der Waals surface area (Å²) in [6.45, 7) is 6.15. The molecule has 0 aliphatic rings. The van der Waals surface area contributed by atoms with Crippen molar-refractivity contribution in [3.8, 4) is 0 Å². The molecular weight excluding hydrogens is 266 g/mol. The summed E-state index contributed by atoms with van der Waals surface area (Å²) in [5, 5.41) is 2.65. The van der Waals surface area contributed by atoms with Crippen molar-refractivity contribution in [3.63, 3.8) is 0 Å². The van der Waals surface area contributed by atoms with Gasteiger partial charge in [-0.1, -0.05) is 43.9 Å². The minimum absolute atomic E-state index is 0.259. The number of carbonyl (C=O) groups excluding carboxylic acids is 2. The van der Waals surface area contributed by atoms with Crippen molar-refractivity contribution in [2.24, 2.45) is 0 Å². The van der Waals surface area contributed by atoms with Crippen LogP contribution in [0.3, 0.4) is 0 Å². The van der Waals surface area contributed by atoms with E-state index >= 15 is 0 Å². The molecule has 1 aromatic carbocycles. The summed E-state index contributed by atoms with van der Waals surface area (Å²) in [7, 11) is 0. The molecule has 0 aliphatic heterocycles. The third-order valence-electron chi connectivity index (χ3n) is 3.26. The molecule has 1 atom stereocenters. The fourth-order valence-electron chi connectivity index (χ4n) is 1.87. The van der Waals surface area contributed by atoms with E-state index in [4.69, 9.17) is 4.74 Å². The quantitative estimate of drug-likeness (QED) is 0.591. The molecule has 1 amide bonds. The van der Waals surface area contributed by atoms with E-state index in [-0.39, 0.29) is 11.9 Å². The van der Waals surface area contributed by atoms with E-state index in [2.05, 4.69) is 12.2 Å². The maximum atomic E-state index is 12.0. The summed E-state index contributed by atoms with van der Waals surface area (Å²) in [5.41, 5.74) is 1.63. The number of nitrogens with one attached hydrogen (secondary N) is 1. The summed E-state index contributed by atoms with van der Waals surface area (Å²) >= 11 is 0. The summed E-state index contributed by atoms with van der Waals surface area (Å²) < 4.78 is 5.15. The van der Waals surface area contributed by atoms with Crippen molar-refractivity contribution in [2.75, 3.05) is 6.61 Å². The average molecular weight is 291 g/mol. The van der Waals surface area contributed by atoms with Gasteiger partial charge in [0.1, 0.15) is 6.04 Å². The number of hydrogen-bond donors (Lipinski definition) is 1. The predicted molar refractivity (Wildman–Crippen MR) is 83.2 cm³/mol. The summed E-state index contributed by atoms with van der Waals surface area (Å²) in [4.78, 5) is 23.7. The van der Waals surface area contributed by atoms with Crippen molar-refractivity contribution in [3.05, 3.63) is 35.4 Å². The number of rotatable bonds is 8. The van der Waals surface area contributed by atoms with Crippen LogP contribution in [0, 0.1) is 6.92 Å². The van der Waals surface area contributed by atoms with Gasteiger partial charge in [0, 0.05) is 5.56 Å². The first-order valence-corrected chi connectivity index (χ1v) is 7.58. The molecule has 4 nitrogen and oxygen atoms in total. The Bertz CT molecular complexity index is 454. The minimum atomic E-state index is -0.634. The van der Waals surface area contributed by atoms with Gasteiger partial charge < -0.3 is 10.1 Å². The lowest BCUT2D eigenvalue weighted by atomic mass is 10.1. The molecule has 1 aromatic rings. The molecule has 0 aliphatic carbocycles.